The van der Waals surface area contributed by atoms with E-state index in [4.69, 9.17) is 0 Å². The van der Waals surface area contributed by atoms with Crippen molar-refractivity contribution in [1.29, 1.82) is 0 Å². The van der Waals surface area contributed by atoms with Gasteiger partial charge in [-0.15, -0.1) is 0 Å². The Labute approximate surface area is 81.9 Å². The van der Waals surface area contributed by atoms with Crippen LogP contribution in [0.1, 0.15) is 47.0 Å². The highest BCUT2D eigenvalue weighted by Gasteiger charge is 2.32. The van der Waals surface area contributed by atoms with Crippen molar-refractivity contribution >= 4 is 0 Å². The second-order valence-corrected chi connectivity index (χ2v) is 5.29. The molecule has 1 unspecified atom stereocenters. The minimum atomic E-state index is -0.114. The molecule has 0 amide bonds. The number of rotatable bonds is 1. The highest BCUT2D eigenvalue weighted by atomic mass is 16.3. The zero-order valence-electron chi connectivity index (χ0n) is 9.30. The first-order valence-corrected chi connectivity index (χ1v) is 5.29. The van der Waals surface area contributed by atoms with Gasteiger partial charge in [-0.2, -0.15) is 0 Å². The molecule has 0 spiro atoms. The van der Waals surface area contributed by atoms with E-state index in [1.54, 1.807) is 0 Å². The maximum absolute atomic E-state index is 9.76. The lowest BCUT2D eigenvalue weighted by molar-refractivity contribution is 0.0291. The van der Waals surface area contributed by atoms with E-state index < -0.39 is 0 Å². The Kier molecular flexibility index (Phi) is 3.18. The summed E-state index contributed by atoms with van der Waals surface area (Å²) in [4.78, 5) is 0. The second-order valence-electron chi connectivity index (χ2n) is 5.29. The zero-order valence-corrected chi connectivity index (χ0v) is 9.30. The molecule has 1 fully saturated rings. The average Bonchev–Trinajstić information content (AvgIpc) is 1.95. The molecule has 0 heterocycles. The van der Waals surface area contributed by atoms with Crippen molar-refractivity contribution < 1.29 is 5.11 Å². The minimum Gasteiger partial charge on any atom is -0.393 e. The molecule has 1 atom stereocenters. The van der Waals surface area contributed by atoms with Gasteiger partial charge in [0.2, 0.25) is 0 Å². The fourth-order valence-corrected chi connectivity index (χ4v) is 2.12. The van der Waals surface area contributed by atoms with Crippen LogP contribution in [0.4, 0.5) is 0 Å². The average molecular weight is 182 g/mol. The van der Waals surface area contributed by atoms with Gasteiger partial charge < -0.3 is 5.11 Å². The molecule has 76 valence electrons. The first-order chi connectivity index (χ1) is 5.92. The molecule has 13 heavy (non-hydrogen) atoms. The highest BCUT2D eigenvalue weighted by molar-refractivity contribution is 5.11. The SMILES string of the molecule is CC(C)/C=C1/CCC(O)C(C)(C)C1. The third kappa shape index (κ3) is 2.84. The molecular formula is C12H22O. The summed E-state index contributed by atoms with van der Waals surface area (Å²) < 4.78 is 0. The first kappa shape index (κ1) is 10.8. The molecule has 0 radical (unpaired) electrons. The molecule has 1 saturated carbocycles. The van der Waals surface area contributed by atoms with Crippen LogP contribution < -0.4 is 0 Å². The fourth-order valence-electron chi connectivity index (χ4n) is 2.12. The highest BCUT2D eigenvalue weighted by Crippen LogP contribution is 2.38. The molecule has 0 aliphatic heterocycles. The molecule has 0 aromatic carbocycles. The van der Waals surface area contributed by atoms with Crippen LogP contribution in [0, 0.1) is 11.3 Å². The summed E-state index contributed by atoms with van der Waals surface area (Å²) in [5, 5.41) is 9.76. The van der Waals surface area contributed by atoms with Crippen LogP contribution in [0.15, 0.2) is 11.6 Å². The molecule has 1 N–H and O–H groups in total. The predicted molar refractivity (Wildman–Crippen MR) is 56.6 cm³/mol. The first-order valence-electron chi connectivity index (χ1n) is 5.29. The van der Waals surface area contributed by atoms with Gasteiger partial charge in [0.05, 0.1) is 6.10 Å². The van der Waals surface area contributed by atoms with Crippen LogP contribution in [-0.2, 0) is 0 Å². The van der Waals surface area contributed by atoms with Gasteiger partial charge in [-0.3, -0.25) is 0 Å². The third-order valence-corrected chi connectivity index (χ3v) is 2.89. The Morgan fingerprint density at radius 2 is 2.08 bits per heavy atom. The lowest BCUT2D eigenvalue weighted by Crippen LogP contribution is -2.33. The summed E-state index contributed by atoms with van der Waals surface area (Å²) in [5.41, 5.74) is 1.62. The molecule has 1 aliphatic rings. The second kappa shape index (κ2) is 3.83. The molecule has 1 aliphatic carbocycles. The minimum absolute atomic E-state index is 0.0823. The fraction of sp³-hybridized carbons (Fsp3) is 0.833. The lowest BCUT2D eigenvalue weighted by atomic mass is 9.72. The number of hydrogen-bond acceptors (Lipinski definition) is 1. The van der Waals surface area contributed by atoms with E-state index in [9.17, 15) is 5.11 Å². The van der Waals surface area contributed by atoms with E-state index in [1.165, 1.54) is 5.57 Å². The van der Waals surface area contributed by atoms with Crippen LogP contribution in [0.25, 0.3) is 0 Å². The Morgan fingerprint density at radius 1 is 1.46 bits per heavy atom. The molecule has 1 rings (SSSR count). The predicted octanol–water partition coefficient (Wildman–Crippen LogP) is 3.14. The number of aliphatic hydroxyl groups excluding tert-OH is 1. The van der Waals surface area contributed by atoms with Crippen molar-refractivity contribution in [3.05, 3.63) is 11.6 Å². The van der Waals surface area contributed by atoms with E-state index in [0.717, 1.165) is 19.3 Å². The lowest BCUT2D eigenvalue weighted by Gasteiger charge is -2.36. The van der Waals surface area contributed by atoms with Crippen LogP contribution in [0.2, 0.25) is 0 Å². The van der Waals surface area contributed by atoms with E-state index >= 15 is 0 Å². The molecule has 0 bridgehead atoms. The number of allylic oxidation sites excluding steroid dienone is 2. The zero-order chi connectivity index (χ0) is 10.1. The van der Waals surface area contributed by atoms with Gasteiger partial charge in [-0.25, -0.2) is 0 Å². The Morgan fingerprint density at radius 3 is 2.54 bits per heavy atom. The number of aliphatic hydroxyl groups is 1. The molecule has 0 saturated heterocycles. The maximum atomic E-state index is 9.76. The Balaban J connectivity index is 2.66. The topological polar surface area (TPSA) is 20.2 Å². The summed E-state index contributed by atoms with van der Waals surface area (Å²) in [5.74, 6) is 0.640. The monoisotopic (exact) mass is 182 g/mol. The van der Waals surface area contributed by atoms with Gasteiger partial charge in [0.25, 0.3) is 0 Å². The van der Waals surface area contributed by atoms with Crippen molar-refractivity contribution in [3.8, 4) is 0 Å². The normalized spacial score (nSPS) is 31.2. The van der Waals surface area contributed by atoms with Crippen molar-refractivity contribution in [1.82, 2.24) is 0 Å². The van der Waals surface area contributed by atoms with E-state index in [2.05, 4.69) is 33.8 Å². The summed E-state index contributed by atoms with van der Waals surface area (Å²) in [6.07, 6.45) is 5.32. The smallest absolute Gasteiger partial charge is 0.0597 e. The number of hydrogen-bond donors (Lipinski definition) is 1. The summed E-state index contributed by atoms with van der Waals surface area (Å²) in [7, 11) is 0. The van der Waals surface area contributed by atoms with Gasteiger partial charge in [-0.1, -0.05) is 39.3 Å². The van der Waals surface area contributed by atoms with Gasteiger partial charge in [0, 0.05) is 0 Å². The van der Waals surface area contributed by atoms with Gasteiger partial charge in [0.1, 0.15) is 0 Å². The molecular weight excluding hydrogens is 160 g/mol. The molecule has 1 nitrogen and oxygen atoms in total. The largest absolute Gasteiger partial charge is 0.393 e. The van der Waals surface area contributed by atoms with Gasteiger partial charge >= 0.3 is 0 Å². The van der Waals surface area contributed by atoms with E-state index in [-0.39, 0.29) is 11.5 Å². The summed E-state index contributed by atoms with van der Waals surface area (Å²) >= 11 is 0. The van der Waals surface area contributed by atoms with Crippen molar-refractivity contribution in [3.63, 3.8) is 0 Å². The van der Waals surface area contributed by atoms with Crippen molar-refractivity contribution in [2.75, 3.05) is 0 Å². The third-order valence-electron chi connectivity index (χ3n) is 2.89. The van der Waals surface area contributed by atoms with Crippen LogP contribution in [0.3, 0.4) is 0 Å². The molecule has 0 aromatic heterocycles. The standard InChI is InChI=1S/C12H22O/c1-9(2)7-10-5-6-11(13)12(3,4)8-10/h7,9,11,13H,5-6,8H2,1-4H3/b10-7-. The van der Waals surface area contributed by atoms with E-state index in [0.29, 0.717) is 5.92 Å². The quantitative estimate of drug-likeness (QED) is 0.618. The Bertz CT molecular complexity index is 201. The Hall–Kier alpha value is -0.300. The van der Waals surface area contributed by atoms with E-state index in [1.807, 2.05) is 0 Å². The summed E-state index contributed by atoms with van der Waals surface area (Å²) in [6, 6.07) is 0. The van der Waals surface area contributed by atoms with Crippen molar-refractivity contribution in [2.45, 2.75) is 53.1 Å². The maximum Gasteiger partial charge on any atom is 0.0597 e. The van der Waals surface area contributed by atoms with Crippen LogP contribution in [-0.4, -0.2) is 11.2 Å². The molecule has 1 heteroatoms. The van der Waals surface area contributed by atoms with Gasteiger partial charge in [0.15, 0.2) is 0 Å². The van der Waals surface area contributed by atoms with Gasteiger partial charge in [-0.05, 0) is 30.6 Å². The van der Waals surface area contributed by atoms with Crippen LogP contribution in [0.5, 0.6) is 0 Å². The van der Waals surface area contributed by atoms with Crippen LogP contribution >= 0.6 is 0 Å². The summed E-state index contributed by atoms with van der Waals surface area (Å²) in [6.45, 7) is 8.74. The molecule has 0 aromatic rings. The van der Waals surface area contributed by atoms with Crippen molar-refractivity contribution in [2.24, 2.45) is 11.3 Å².